The molecule has 0 saturated carbocycles. The summed E-state index contributed by atoms with van der Waals surface area (Å²) in [6, 6.07) is 38.3. The number of piperazine rings is 1. The second kappa shape index (κ2) is 15.8. The van der Waals surface area contributed by atoms with E-state index in [1.165, 1.54) is 0 Å². The van der Waals surface area contributed by atoms with Gasteiger partial charge in [0.15, 0.2) is 0 Å². The van der Waals surface area contributed by atoms with E-state index < -0.39 is 47.4 Å². The topological polar surface area (TPSA) is 159 Å². The van der Waals surface area contributed by atoms with E-state index in [1.807, 2.05) is 108 Å². The molecule has 0 bridgehead atoms. The monoisotopic (exact) mass is 847 g/mol. The number of hydrogen-bond acceptors (Lipinski definition) is 11. The number of esters is 1. The van der Waals surface area contributed by atoms with E-state index in [9.17, 15) is 5.11 Å². The molecule has 3 saturated heterocycles. The molecular weight excluding hydrogens is 807 g/mol. The summed E-state index contributed by atoms with van der Waals surface area (Å²) in [6.07, 6.45) is 2.57. The van der Waals surface area contributed by atoms with Crippen molar-refractivity contribution in [2.24, 2.45) is 5.92 Å². The number of carbonyl (C=O) groups excluding carboxylic acids is 3. The second-order valence-electron chi connectivity index (χ2n) is 16.5. The molecule has 1 spiro atoms. The Morgan fingerprint density at radius 1 is 0.781 bits per heavy atom. The lowest BCUT2D eigenvalue weighted by Crippen LogP contribution is -2.58. The second-order valence-corrected chi connectivity index (χ2v) is 16.5. The van der Waals surface area contributed by atoms with Crippen LogP contribution in [0, 0.1) is 17.8 Å². The molecule has 4 aliphatic rings. The predicted molar refractivity (Wildman–Crippen MR) is 236 cm³/mol. The van der Waals surface area contributed by atoms with Crippen LogP contribution in [-0.4, -0.2) is 89.9 Å². The standard InChI is InChI=1S/C50H41N9O5/c60-36-21-19-35(20-22-36)45-50(37-31-32(18-23-38(37)53-48(50)63)11-9-26-58-40-17-8-7-16-39(40)54-55-58)41(46(61)56-27-29-57(30-28-56)49-51-24-10-25-52-49)43-47(62)64-44(34-14-5-2-6-15-34)42(59(43)45)33-12-3-1-4-13-33/h1-8,10,12-25,31,41-45,60H,26-30H2,(H,53,63)/t41-,42-,43-,44+,45+,50-/m1/s1. The molecule has 0 unspecified atom stereocenters. The van der Waals surface area contributed by atoms with Gasteiger partial charge in [0, 0.05) is 49.8 Å². The van der Waals surface area contributed by atoms with Crippen LogP contribution in [-0.2, 0) is 31.1 Å². The van der Waals surface area contributed by atoms with Crippen LogP contribution in [0.25, 0.3) is 11.0 Å². The van der Waals surface area contributed by atoms with Crippen molar-refractivity contribution in [2.45, 2.75) is 36.2 Å². The van der Waals surface area contributed by atoms with Gasteiger partial charge in [0.1, 0.15) is 35.4 Å². The number of benzene rings is 5. The van der Waals surface area contributed by atoms with Crippen molar-refractivity contribution >= 4 is 40.5 Å². The van der Waals surface area contributed by atoms with Gasteiger partial charge in [-0.3, -0.25) is 19.3 Å². The van der Waals surface area contributed by atoms with E-state index in [0.29, 0.717) is 54.5 Å². The van der Waals surface area contributed by atoms with Crippen LogP contribution in [0.1, 0.15) is 46.0 Å². The van der Waals surface area contributed by atoms with Crippen molar-refractivity contribution in [1.82, 2.24) is 34.8 Å². The number of morpholine rings is 1. The largest absolute Gasteiger partial charge is 0.508 e. The highest BCUT2D eigenvalue weighted by Gasteiger charge is 2.74. The van der Waals surface area contributed by atoms with Crippen molar-refractivity contribution in [3.05, 3.63) is 174 Å². The van der Waals surface area contributed by atoms with E-state index in [2.05, 4.69) is 42.3 Å². The number of para-hydroxylation sites is 1. The fourth-order valence-corrected chi connectivity index (χ4v) is 10.3. The van der Waals surface area contributed by atoms with Gasteiger partial charge < -0.3 is 25.0 Å². The Bertz CT molecular complexity index is 2970. The van der Waals surface area contributed by atoms with Gasteiger partial charge in [-0.05, 0) is 70.8 Å². The zero-order chi connectivity index (χ0) is 43.4. The first kappa shape index (κ1) is 39.0. The maximum atomic E-state index is 15.9. The molecule has 7 aromatic rings. The average Bonchev–Trinajstić information content (AvgIpc) is 4.00. The summed E-state index contributed by atoms with van der Waals surface area (Å²) in [5.41, 5.74) is 3.86. The maximum absolute atomic E-state index is 15.9. The Morgan fingerprint density at radius 2 is 1.48 bits per heavy atom. The molecule has 6 atom stereocenters. The molecular formula is C50H41N9O5. The molecule has 316 valence electrons. The number of amides is 2. The van der Waals surface area contributed by atoms with Crippen LogP contribution >= 0.6 is 0 Å². The van der Waals surface area contributed by atoms with E-state index >= 15 is 14.4 Å². The first-order chi connectivity index (χ1) is 31.4. The summed E-state index contributed by atoms with van der Waals surface area (Å²) in [4.78, 5) is 61.4. The summed E-state index contributed by atoms with van der Waals surface area (Å²) in [5.74, 6) is 4.52. The van der Waals surface area contributed by atoms with Crippen molar-refractivity contribution in [2.75, 3.05) is 36.4 Å². The number of nitrogens with zero attached hydrogens (tertiary/aromatic N) is 8. The van der Waals surface area contributed by atoms with Crippen LogP contribution < -0.4 is 10.2 Å². The highest BCUT2D eigenvalue weighted by Crippen LogP contribution is 2.65. The first-order valence-corrected chi connectivity index (χ1v) is 21.3. The highest BCUT2D eigenvalue weighted by molar-refractivity contribution is 6.12. The molecule has 2 N–H and O–H groups in total. The number of phenolic OH excluding ortho intramolecular Hbond substituents is 1. The number of anilines is 2. The number of fused-ring (bicyclic) bond motifs is 4. The maximum Gasteiger partial charge on any atom is 0.324 e. The first-order valence-electron chi connectivity index (χ1n) is 21.3. The Balaban J connectivity index is 1.10. The molecule has 2 amide bonds. The molecule has 11 rings (SSSR count). The smallest absolute Gasteiger partial charge is 0.324 e. The number of carbonyl (C=O) groups is 3. The molecule has 0 radical (unpaired) electrons. The molecule has 14 heteroatoms. The van der Waals surface area contributed by atoms with Crippen molar-refractivity contribution < 1.29 is 24.2 Å². The summed E-state index contributed by atoms with van der Waals surface area (Å²) >= 11 is 0. The van der Waals surface area contributed by atoms with Crippen LogP contribution in [0.4, 0.5) is 11.6 Å². The molecule has 6 heterocycles. The number of hydrogen-bond donors (Lipinski definition) is 2. The molecule has 2 aromatic heterocycles. The molecule has 64 heavy (non-hydrogen) atoms. The third-order valence-electron chi connectivity index (χ3n) is 13.1. The lowest BCUT2D eigenvalue weighted by atomic mass is 9.65. The van der Waals surface area contributed by atoms with Gasteiger partial charge >= 0.3 is 5.97 Å². The van der Waals surface area contributed by atoms with E-state index in [-0.39, 0.29) is 18.2 Å². The van der Waals surface area contributed by atoms with Gasteiger partial charge in [0.2, 0.25) is 17.8 Å². The third kappa shape index (κ3) is 6.34. The molecule has 0 aliphatic carbocycles. The van der Waals surface area contributed by atoms with Crippen LogP contribution in [0.15, 0.2) is 146 Å². The number of ether oxygens (including phenoxy) is 1. The van der Waals surface area contributed by atoms with E-state index in [4.69, 9.17) is 4.74 Å². The fraction of sp³-hybridized carbons (Fsp3) is 0.220. The Kier molecular flexibility index (Phi) is 9.62. The van der Waals surface area contributed by atoms with E-state index in [1.54, 1.807) is 52.3 Å². The van der Waals surface area contributed by atoms with Crippen molar-refractivity contribution in [3.63, 3.8) is 0 Å². The van der Waals surface area contributed by atoms with Crippen LogP contribution in [0.5, 0.6) is 5.75 Å². The lowest BCUT2D eigenvalue weighted by Gasteiger charge is -2.46. The summed E-state index contributed by atoms with van der Waals surface area (Å²) < 4.78 is 8.32. The minimum atomic E-state index is -1.69. The molecule has 4 aliphatic heterocycles. The Morgan fingerprint density at radius 3 is 2.23 bits per heavy atom. The zero-order valence-electron chi connectivity index (χ0n) is 34.4. The van der Waals surface area contributed by atoms with Crippen molar-refractivity contribution in [3.8, 4) is 17.6 Å². The number of aromatic nitrogens is 5. The number of aromatic hydroxyl groups is 1. The number of phenols is 1. The highest BCUT2D eigenvalue weighted by atomic mass is 16.6. The van der Waals surface area contributed by atoms with Gasteiger partial charge in [-0.15, -0.1) is 5.10 Å². The van der Waals surface area contributed by atoms with E-state index in [0.717, 1.165) is 22.2 Å². The lowest BCUT2D eigenvalue weighted by molar-refractivity contribution is -0.179. The Labute approximate surface area is 368 Å². The Hall–Kier alpha value is -7.89. The predicted octanol–water partition coefficient (Wildman–Crippen LogP) is 5.60. The summed E-state index contributed by atoms with van der Waals surface area (Å²) in [6.45, 7) is 1.77. The molecule has 5 aromatic carbocycles. The number of cyclic esters (lactones) is 1. The fourth-order valence-electron chi connectivity index (χ4n) is 10.3. The van der Waals surface area contributed by atoms with Crippen LogP contribution in [0.2, 0.25) is 0 Å². The number of rotatable bonds is 6. The minimum absolute atomic E-state index is 0.0362. The van der Waals surface area contributed by atoms with Gasteiger partial charge in [-0.2, -0.15) is 0 Å². The van der Waals surface area contributed by atoms with Crippen molar-refractivity contribution in [1.29, 1.82) is 0 Å². The normalized spacial score (nSPS) is 23.8. The quantitative estimate of drug-likeness (QED) is 0.159. The van der Waals surface area contributed by atoms with Gasteiger partial charge in [-0.1, -0.05) is 102 Å². The molecule has 3 fully saturated rings. The summed E-state index contributed by atoms with van der Waals surface area (Å²) in [5, 5.41) is 22.4. The zero-order valence-corrected chi connectivity index (χ0v) is 34.4. The molecule has 14 nitrogen and oxygen atoms in total. The SMILES string of the molecule is O=C1O[C@@H](c2ccccc2)[C@@H](c2ccccc2)N2[C@@H](c3ccc(O)cc3)[C@]3(C(=O)Nc4ccc(C#CCn5nnc6ccccc65)cc43)[C@@H](C(=O)N3CCN(c4ncccn4)CC3)[C@H]12. The summed E-state index contributed by atoms with van der Waals surface area (Å²) in [7, 11) is 0. The average molecular weight is 848 g/mol. The van der Waals surface area contributed by atoms with Gasteiger partial charge in [0.05, 0.1) is 23.5 Å². The van der Waals surface area contributed by atoms with Gasteiger partial charge in [-0.25, -0.2) is 14.6 Å². The third-order valence-corrected chi connectivity index (χ3v) is 13.1. The van der Waals surface area contributed by atoms with Gasteiger partial charge in [0.25, 0.3) is 0 Å². The van der Waals surface area contributed by atoms with Crippen LogP contribution in [0.3, 0.4) is 0 Å². The number of nitrogens with one attached hydrogen (secondary N) is 1. The minimum Gasteiger partial charge on any atom is -0.508 e.